The van der Waals surface area contributed by atoms with Gasteiger partial charge in [0.05, 0.1) is 0 Å². The maximum Gasteiger partial charge on any atom is 0.123 e. The lowest BCUT2D eigenvalue weighted by Gasteiger charge is -2.23. The SMILES string of the molecule is C/C(C1=CC=CC(C)C1)=C(\c1cc(F)ccc1C)C(C)C. The van der Waals surface area contributed by atoms with Crippen LogP contribution < -0.4 is 0 Å². The zero-order chi connectivity index (χ0) is 15.6. The van der Waals surface area contributed by atoms with Crippen molar-refractivity contribution in [3.05, 3.63) is 64.5 Å². The fraction of sp³-hybridized carbons (Fsp3) is 0.400. The fourth-order valence-electron chi connectivity index (χ4n) is 3.13. The first-order valence-electron chi connectivity index (χ1n) is 7.75. The van der Waals surface area contributed by atoms with E-state index in [0.717, 1.165) is 17.5 Å². The molecule has 0 heterocycles. The van der Waals surface area contributed by atoms with Gasteiger partial charge in [-0.05, 0) is 72.1 Å². The summed E-state index contributed by atoms with van der Waals surface area (Å²) in [6.07, 6.45) is 7.64. The van der Waals surface area contributed by atoms with Crippen molar-refractivity contribution in [2.75, 3.05) is 0 Å². The van der Waals surface area contributed by atoms with Gasteiger partial charge >= 0.3 is 0 Å². The van der Waals surface area contributed by atoms with E-state index in [1.165, 1.54) is 22.8 Å². The summed E-state index contributed by atoms with van der Waals surface area (Å²) in [7, 11) is 0. The van der Waals surface area contributed by atoms with Gasteiger partial charge in [-0.25, -0.2) is 4.39 Å². The smallest absolute Gasteiger partial charge is 0.123 e. The number of halogens is 1. The van der Waals surface area contributed by atoms with Crippen molar-refractivity contribution in [3.8, 4) is 0 Å². The Kier molecular flexibility index (Phi) is 4.82. The third-order valence-electron chi connectivity index (χ3n) is 4.23. The maximum absolute atomic E-state index is 13.7. The first-order chi connectivity index (χ1) is 9.90. The highest BCUT2D eigenvalue weighted by Crippen LogP contribution is 2.35. The molecule has 1 atom stereocenters. The largest absolute Gasteiger partial charge is 0.207 e. The van der Waals surface area contributed by atoms with Crippen molar-refractivity contribution < 1.29 is 4.39 Å². The molecule has 0 spiro atoms. The lowest BCUT2D eigenvalue weighted by atomic mass is 9.82. The van der Waals surface area contributed by atoms with E-state index in [-0.39, 0.29) is 5.82 Å². The number of benzene rings is 1. The normalized spacial score (nSPS) is 19.6. The first-order valence-corrected chi connectivity index (χ1v) is 7.75. The average molecular weight is 284 g/mol. The summed E-state index contributed by atoms with van der Waals surface area (Å²) in [6.45, 7) is 10.8. The van der Waals surface area contributed by atoms with Gasteiger partial charge < -0.3 is 0 Å². The van der Waals surface area contributed by atoms with Gasteiger partial charge in [0.15, 0.2) is 0 Å². The van der Waals surface area contributed by atoms with Gasteiger partial charge in [-0.3, -0.25) is 0 Å². The van der Waals surface area contributed by atoms with Crippen LogP contribution in [0.15, 0.2) is 47.6 Å². The molecule has 21 heavy (non-hydrogen) atoms. The van der Waals surface area contributed by atoms with E-state index >= 15 is 0 Å². The van der Waals surface area contributed by atoms with Crippen LogP contribution >= 0.6 is 0 Å². The summed E-state index contributed by atoms with van der Waals surface area (Å²) in [6, 6.07) is 5.09. The second kappa shape index (κ2) is 6.43. The molecule has 1 unspecified atom stereocenters. The minimum Gasteiger partial charge on any atom is -0.207 e. The summed E-state index contributed by atoms with van der Waals surface area (Å²) < 4.78 is 13.7. The molecule has 0 saturated heterocycles. The third-order valence-corrected chi connectivity index (χ3v) is 4.23. The van der Waals surface area contributed by atoms with E-state index in [4.69, 9.17) is 0 Å². The highest BCUT2D eigenvalue weighted by Gasteiger charge is 2.17. The molecular weight excluding hydrogens is 259 g/mol. The predicted octanol–water partition coefficient (Wildman–Crippen LogP) is 6.09. The van der Waals surface area contributed by atoms with E-state index in [2.05, 4.69) is 52.8 Å². The number of aryl methyl sites for hydroxylation is 1. The Morgan fingerprint density at radius 1 is 1.29 bits per heavy atom. The van der Waals surface area contributed by atoms with Crippen LogP contribution in [-0.4, -0.2) is 0 Å². The van der Waals surface area contributed by atoms with Crippen molar-refractivity contribution in [2.45, 2.75) is 41.0 Å². The quantitative estimate of drug-likeness (QED) is 0.630. The lowest BCUT2D eigenvalue weighted by molar-refractivity contribution is 0.626. The van der Waals surface area contributed by atoms with Crippen molar-refractivity contribution in [1.29, 1.82) is 0 Å². The summed E-state index contributed by atoms with van der Waals surface area (Å²) >= 11 is 0. The molecule has 1 aliphatic carbocycles. The van der Waals surface area contributed by atoms with Gasteiger partial charge in [0.25, 0.3) is 0 Å². The summed E-state index contributed by atoms with van der Waals surface area (Å²) in [5, 5.41) is 0. The predicted molar refractivity (Wildman–Crippen MR) is 89.6 cm³/mol. The van der Waals surface area contributed by atoms with Crippen LogP contribution in [0.1, 0.15) is 45.2 Å². The fourth-order valence-corrected chi connectivity index (χ4v) is 3.13. The first kappa shape index (κ1) is 15.8. The molecule has 0 aliphatic heterocycles. The summed E-state index contributed by atoms with van der Waals surface area (Å²) in [5.74, 6) is 0.780. The van der Waals surface area contributed by atoms with Crippen LogP contribution in [0.3, 0.4) is 0 Å². The van der Waals surface area contributed by atoms with Crippen molar-refractivity contribution >= 4 is 5.57 Å². The van der Waals surface area contributed by atoms with E-state index < -0.39 is 0 Å². The monoisotopic (exact) mass is 284 g/mol. The van der Waals surface area contributed by atoms with Crippen molar-refractivity contribution in [3.63, 3.8) is 0 Å². The Bertz CT molecular complexity index is 615. The molecule has 0 nitrogen and oxygen atoms in total. The molecule has 0 bridgehead atoms. The van der Waals surface area contributed by atoms with Crippen LogP contribution in [0.2, 0.25) is 0 Å². The van der Waals surface area contributed by atoms with Gasteiger partial charge in [0.2, 0.25) is 0 Å². The minimum atomic E-state index is -0.160. The van der Waals surface area contributed by atoms with E-state index in [9.17, 15) is 4.39 Å². The van der Waals surface area contributed by atoms with Crippen LogP contribution in [0.5, 0.6) is 0 Å². The van der Waals surface area contributed by atoms with Gasteiger partial charge in [-0.15, -0.1) is 0 Å². The summed E-state index contributed by atoms with van der Waals surface area (Å²) in [5.41, 5.74) is 6.12. The molecule has 0 radical (unpaired) electrons. The Morgan fingerprint density at radius 2 is 2.00 bits per heavy atom. The molecule has 0 amide bonds. The van der Waals surface area contributed by atoms with Gasteiger partial charge in [-0.1, -0.05) is 45.1 Å². The lowest BCUT2D eigenvalue weighted by Crippen LogP contribution is -2.05. The standard InChI is InChI=1S/C20H25F/c1-13(2)20(19-12-18(21)10-9-15(19)4)16(5)17-8-6-7-14(3)11-17/h6-10,12-14H,11H2,1-5H3/b20-16+. The number of hydrogen-bond acceptors (Lipinski definition) is 0. The Hall–Kier alpha value is -1.63. The maximum atomic E-state index is 13.7. The average Bonchev–Trinajstić information content (AvgIpc) is 2.42. The van der Waals surface area contributed by atoms with E-state index in [1.807, 2.05) is 6.07 Å². The number of allylic oxidation sites excluding steroid dienone is 6. The molecule has 0 fully saturated rings. The summed E-state index contributed by atoms with van der Waals surface area (Å²) in [4.78, 5) is 0. The Balaban J connectivity index is 2.57. The highest BCUT2D eigenvalue weighted by atomic mass is 19.1. The van der Waals surface area contributed by atoms with Crippen molar-refractivity contribution in [2.24, 2.45) is 11.8 Å². The van der Waals surface area contributed by atoms with Gasteiger partial charge in [-0.2, -0.15) is 0 Å². The highest BCUT2D eigenvalue weighted by molar-refractivity contribution is 5.75. The molecule has 1 aliphatic rings. The van der Waals surface area contributed by atoms with Crippen LogP contribution in [0.4, 0.5) is 4.39 Å². The molecule has 112 valence electrons. The Morgan fingerprint density at radius 3 is 2.62 bits per heavy atom. The second-order valence-corrected chi connectivity index (χ2v) is 6.41. The van der Waals surface area contributed by atoms with Crippen LogP contribution in [0.25, 0.3) is 5.57 Å². The molecule has 0 N–H and O–H groups in total. The zero-order valence-corrected chi connectivity index (χ0v) is 13.7. The van der Waals surface area contributed by atoms with Gasteiger partial charge in [0, 0.05) is 0 Å². The number of rotatable bonds is 3. The Labute approximate surface area is 128 Å². The molecule has 0 aromatic heterocycles. The third kappa shape index (κ3) is 3.53. The minimum absolute atomic E-state index is 0.160. The molecule has 0 saturated carbocycles. The van der Waals surface area contributed by atoms with E-state index in [0.29, 0.717) is 11.8 Å². The van der Waals surface area contributed by atoms with Crippen molar-refractivity contribution in [1.82, 2.24) is 0 Å². The molecule has 2 rings (SSSR count). The van der Waals surface area contributed by atoms with Gasteiger partial charge in [0.1, 0.15) is 5.82 Å². The van der Waals surface area contributed by atoms with Crippen LogP contribution in [-0.2, 0) is 0 Å². The zero-order valence-electron chi connectivity index (χ0n) is 13.7. The molecular formula is C20H25F. The number of hydrogen-bond donors (Lipinski definition) is 0. The van der Waals surface area contributed by atoms with E-state index in [1.54, 1.807) is 6.07 Å². The topological polar surface area (TPSA) is 0 Å². The second-order valence-electron chi connectivity index (χ2n) is 6.41. The molecule has 1 heteroatoms. The molecule has 1 aromatic rings. The van der Waals surface area contributed by atoms with Crippen LogP contribution in [0, 0.1) is 24.6 Å². The molecule has 1 aromatic carbocycles.